The predicted octanol–water partition coefficient (Wildman–Crippen LogP) is 2.51. The van der Waals surface area contributed by atoms with E-state index in [0.29, 0.717) is 11.0 Å². The van der Waals surface area contributed by atoms with Crippen LogP contribution in [0, 0.1) is 0 Å². The van der Waals surface area contributed by atoms with Crippen molar-refractivity contribution in [1.29, 1.82) is 0 Å². The van der Waals surface area contributed by atoms with Crippen molar-refractivity contribution in [2.75, 3.05) is 12.3 Å². The molecule has 0 aromatic rings. The van der Waals surface area contributed by atoms with Crippen molar-refractivity contribution in [3.05, 3.63) is 0 Å². The van der Waals surface area contributed by atoms with Crippen LogP contribution in [0.4, 0.5) is 0 Å². The van der Waals surface area contributed by atoms with Gasteiger partial charge < -0.3 is 10.4 Å². The van der Waals surface area contributed by atoms with E-state index in [0.717, 1.165) is 13.0 Å². The van der Waals surface area contributed by atoms with Crippen molar-refractivity contribution >= 4 is 17.7 Å². The maximum absolute atomic E-state index is 11.3. The summed E-state index contributed by atoms with van der Waals surface area (Å²) in [6.07, 6.45) is 6.10. The zero-order valence-corrected chi connectivity index (χ0v) is 11.1. The van der Waals surface area contributed by atoms with E-state index in [-0.39, 0.29) is 0 Å². The molecule has 2 N–H and O–H groups in total. The Hall–Kier alpha value is -0.220. The quantitative estimate of drug-likeness (QED) is 0.723. The highest BCUT2D eigenvalue weighted by atomic mass is 32.2. The van der Waals surface area contributed by atoms with Gasteiger partial charge in [-0.25, -0.2) is 0 Å². The maximum Gasteiger partial charge on any atom is 0.324 e. The van der Waals surface area contributed by atoms with Crippen LogP contribution in [0.5, 0.6) is 0 Å². The van der Waals surface area contributed by atoms with Crippen LogP contribution >= 0.6 is 11.8 Å². The van der Waals surface area contributed by atoms with Gasteiger partial charge in [-0.15, -0.1) is 0 Å². The summed E-state index contributed by atoms with van der Waals surface area (Å²) in [5.74, 6) is -0.0565. The lowest BCUT2D eigenvalue weighted by molar-refractivity contribution is -0.143. The lowest BCUT2D eigenvalue weighted by Crippen LogP contribution is -2.52. The van der Waals surface area contributed by atoms with E-state index in [1.165, 1.54) is 25.7 Å². The number of aliphatic carboxylic acids is 1. The van der Waals surface area contributed by atoms with E-state index in [9.17, 15) is 9.90 Å². The largest absolute Gasteiger partial charge is 0.480 e. The van der Waals surface area contributed by atoms with Gasteiger partial charge in [0.05, 0.1) is 0 Å². The van der Waals surface area contributed by atoms with Crippen LogP contribution < -0.4 is 5.32 Å². The highest BCUT2D eigenvalue weighted by molar-refractivity contribution is 8.00. The highest BCUT2D eigenvalue weighted by Gasteiger charge is 2.33. The molecular formula is C12H23NO2S. The Labute approximate surface area is 102 Å². The molecular weight excluding hydrogens is 222 g/mol. The van der Waals surface area contributed by atoms with Gasteiger partial charge in [-0.1, -0.05) is 19.8 Å². The molecule has 0 bridgehead atoms. The first-order valence-corrected chi connectivity index (χ1v) is 7.23. The first-order valence-electron chi connectivity index (χ1n) is 6.18. The maximum atomic E-state index is 11.3. The predicted molar refractivity (Wildman–Crippen MR) is 69.0 cm³/mol. The highest BCUT2D eigenvalue weighted by Crippen LogP contribution is 2.31. The molecule has 16 heavy (non-hydrogen) atoms. The van der Waals surface area contributed by atoms with Crippen LogP contribution in [-0.2, 0) is 4.79 Å². The Kier molecular flexibility index (Phi) is 5.62. The molecule has 4 heteroatoms. The summed E-state index contributed by atoms with van der Waals surface area (Å²) in [6.45, 7) is 4.63. The fraction of sp³-hybridized carbons (Fsp3) is 0.917. The van der Waals surface area contributed by atoms with Crippen LogP contribution in [0.1, 0.15) is 46.0 Å². The fourth-order valence-electron chi connectivity index (χ4n) is 1.93. The monoisotopic (exact) mass is 245 g/mol. The van der Waals surface area contributed by atoms with Gasteiger partial charge in [0.15, 0.2) is 0 Å². The minimum atomic E-state index is -0.761. The molecule has 3 nitrogen and oxygen atoms in total. The van der Waals surface area contributed by atoms with E-state index >= 15 is 0 Å². The lowest BCUT2D eigenvalue weighted by atomic mass is 10.1. The lowest BCUT2D eigenvalue weighted by Gasteiger charge is -2.27. The number of nitrogens with one attached hydrogen (secondary N) is 1. The molecule has 1 fully saturated rings. The van der Waals surface area contributed by atoms with Gasteiger partial charge in [-0.3, -0.25) is 4.79 Å². The summed E-state index contributed by atoms with van der Waals surface area (Å²) in [5, 5.41) is 13.1. The summed E-state index contributed by atoms with van der Waals surface area (Å²) >= 11 is 1.83. The van der Waals surface area contributed by atoms with E-state index < -0.39 is 11.5 Å². The number of hydrogen-bond acceptors (Lipinski definition) is 3. The molecule has 0 aliphatic heterocycles. The molecule has 1 rings (SSSR count). The summed E-state index contributed by atoms with van der Waals surface area (Å²) < 4.78 is 0. The average Bonchev–Trinajstić information content (AvgIpc) is 2.76. The Balaban J connectivity index is 2.39. The van der Waals surface area contributed by atoms with E-state index in [2.05, 4.69) is 12.2 Å². The van der Waals surface area contributed by atoms with Crippen LogP contribution in [0.3, 0.4) is 0 Å². The molecule has 0 radical (unpaired) electrons. The van der Waals surface area contributed by atoms with Gasteiger partial charge in [-0.05, 0) is 32.7 Å². The number of carboxylic acids is 1. The molecule has 94 valence electrons. The van der Waals surface area contributed by atoms with Crippen LogP contribution in [0.2, 0.25) is 0 Å². The Bertz CT molecular complexity index is 229. The zero-order valence-electron chi connectivity index (χ0n) is 10.3. The molecule has 0 spiro atoms. The zero-order chi connectivity index (χ0) is 12.0. The average molecular weight is 245 g/mol. The van der Waals surface area contributed by atoms with Gasteiger partial charge in [0.2, 0.25) is 0 Å². The number of rotatable bonds is 7. The van der Waals surface area contributed by atoms with Gasteiger partial charge in [0, 0.05) is 11.0 Å². The van der Waals surface area contributed by atoms with Crippen molar-refractivity contribution in [1.82, 2.24) is 5.32 Å². The van der Waals surface area contributed by atoms with Gasteiger partial charge >= 0.3 is 5.97 Å². The van der Waals surface area contributed by atoms with Crippen molar-refractivity contribution in [3.8, 4) is 0 Å². The van der Waals surface area contributed by atoms with Crippen molar-refractivity contribution in [2.24, 2.45) is 0 Å². The van der Waals surface area contributed by atoms with E-state index in [1.54, 1.807) is 6.92 Å². The normalized spacial score (nSPS) is 20.9. The molecule has 0 amide bonds. The molecule has 0 saturated heterocycles. The van der Waals surface area contributed by atoms with Crippen LogP contribution in [0.25, 0.3) is 0 Å². The first kappa shape index (κ1) is 13.8. The molecule has 1 atom stereocenters. The number of carboxylic acid groups (broad SMARTS) is 1. The SMILES string of the molecule is CCCNC(C)(CSC1CCCC1)C(=O)O. The molecule has 1 saturated carbocycles. The minimum absolute atomic E-state index is 0.674. The smallest absolute Gasteiger partial charge is 0.324 e. The summed E-state index contributed by atoms with van der Waals surface area (Å²) in [4.78, 5) is 11.3. The summed E-state index contributed by atoms with van der Waals surface area (Å²) in [7, 11) is 0. The fourth-order valence-corrected chi connectivity index (χ4v) is 3.39. The second kappa shape index (κ2) is 6.50. The van der Waals surface area contributed by atoms with Crippen molar-refractivity contribution in [2.45, 2.75) is 56.7 Å². The van der Waals surface area contributed by atoms with Crippen molar-refractivity contribution < 1.29 is 9.90 Å². The van der Waals surface area contributed by atoms with Gasteiger partial charge in [-0.2, -0.15) is 11.8 Å². The molecule has 1 aliphatic carbocycles. The first-order chi connectivity index (χ1) is 7.58. The van der Waals surface area contributed by atoms with Gasteiger partial charge in [0.1, 0.15) is 5.54 Å². The summed E-state index contributed by atoms with van der Waals surface area (Å²) in [5.41, 5.74) is -0.761. The van der Waals surface area contributed by atoms with E-state index in [1.807, 2.05) is 11.8 Å². The molecule has 1 unspecified atom stereocenters. The number of thioether (sulfide) groups is 1. The topological polar surface area (TPSA) is 49.3 Å². The third-order valence-corrected chi connectivity index (χ3v) is 4.83. The third-order valence-electron chi connectivity index (χ3n) is 3.15. The Morgan fingerprint density at radius 1 is 1.50 bits per heavy atom. The van der Waals surface area contributed by atoms with E-state index in [4.69, 9.17) is 0 Å². The molecule has 1 aliphatic rings. The standard InChI is InChI=1S/C12H23NO2S/c1-3-8-13-12(2,11(14)15)9-16-10-6-4-5-7-10/h10,13H,3-9H2,1-2H3,(H,14,15). The van der Waals surface area contributed by atoms with Crippen LogP contribution in [0.15, 0.2) is 0 Å². The second-order valence-electron chi connectivity index (χ2n) is 4.78. The van der Waals surface area contributed by atoms with Gasteiger partial charge in [0.25, 0.3) is 0 Å². The molecule has 0 heterocycles. The minimum Gasteiger partial charge on any atom is -0.480 e. The molecule has 0 aromatic carbocycles. The summed E-state index contributed by atoms with van der Waals surface area (Å²) in [6, 6.07) is 0. The number of hydrogen-bond donors (Lipinski definition) is 2. The second-order valence-corrected chi connectivity index (χ2v) is 6.07. The van der Waals surface area contributed by atoms with Crippen molar-refractivity contribution in [3.63, 3.8) is 0 Å². The third kappa shape index (κ3) is 3.98. The number of carbonyl (C=O) groups is 1. The molecule has 0 aromatic heterocycles. The van der Waals surface area contributed by atoms with Crippen LogP contribution in [-0.4, -0.2) is 34.2 Å². The Morgan fingerprint density at radius 3 is 2.62 bits per heavy atom. The Morgan fingerprint density at radius 2 is 2.12 bits per heavy atom.